The zero-order chi connectivity index (χ0) is 29.7. The zero-order valence-corrected chi connectivity index (χ0v) is 18.4. The van der Waals surface area contributed by atoms with Crippen molar-refractivity contribution in [1.29, 1.82) is 5.26 Å². The van der Waals surface area contributed by atoms with Crippen LogP contribution in [-0.4, -0.2) is 76.3 Å². The standard InChI is InChI=1S/C20H10F12N4O3/c21-16(22,18(26,27)19(28,29)20(30,31)32)14(38)34-6-9-4-11(34)12-13(37)36(15(39)35(9)12)8-2-1-7(5-33)10(3-8)17(23,24)25/h1-3,9,11-12H,4,6H2/t9?,11?,12-/m1/s1. The number of alkyl halides is 12. The van der Waals surface area contributed by atoms with Gasteiger partial charge in [-0.1, -0.05) is 0 Å². The normalized spacial score (nSPS) is 24.0. The van der Waals surface area contributed by atoms with Crippen molar-refractivity contribution in [2.45, 2.75) is 54.7 Å². The number of likely N-dealkylation sites (tertiary alicyclic amines) is 1. The maximum atomic E-state index is 14.3. The van der Waals surface area contributed by atoms with Crippen LogP contribution in [0.2, 0.25) is 0 Å². The van der Waals surface area contributed by atoms with Gasteiger partial charge in [0.05, 0.1) is 35.0 Å². The topological polar surface area (TPSA) is 84.7 Å². The lowest BCUT2D eigenvalue weighted by atomic mass is 10.0. The molecule has 3 fully saturated rings. The number of anilines is 1. The van der Waals surface area contributed by atoms with Crippen LogP contribution < -0.4 is 4.90 Å². The molecule has 2 unspecified atom stereocenters. The number of imide groups is 1. The van der Waals surface area contributed by atoms with E-state index in [1.807, 2.05) is 0 Å². The molecule has 4 amide bonds. The minimum atomic E-state index is -7.34. The number of nitriles is 1. The fourth-order valence-electron chi connectivity index (χ4n) is 4.82. The minimum absolute atomic E-state index is 0.152. The quantitative estimate of drug-likeness (QED) is 0.395. The van der Waals surface area contributed by atoms with Gasteiger partial charge in [-0.25, -0.2) is 9.69 Å². The predicted octanol–water partition coefficient (Wildman–Crippen LogP) is 4.17. The summed E-state index contributed by atoms with van der Waals surface area (Å²) in [5.74, 6) is -25.8. The second kappa shape index (κ2) is 8.14. The second-order valence-corrected chi connectivity index (χ2v) is 8.78. The summed E-state index contributed by atoms with van der Waals surface area (Å²) < 4.78 is 160. The van der Waals surface area contributed by atoms with Crippen LogP contribution in [0.3, 0.4) is 0 Å². The van der Waals surface area contributed by atoms with Gasteiger partial charge in [0.2, 0.25) is 0 Å². The molecule has 0 radical (unpaired) electrons. The van der Waals surface area contributed by atoms with E-state index in [1.165, 1.54) is 6.07 Å². The highest BCUT2D eigenvalue weighted by molar-refractivity contribution is 6.22. The molecule has 0 aliphatic carbocycles. The molecular formula is C20H10F12N4O3. The van der Waals surface area contributed by atoms with E-state index in [0.717, 1.165) is 6.07 Å². The number of halogens is 12. The Bertz CT molecular complexity index is 1300. The molecule has 3 saturated heterocycles. The van der Waals surface area contributed by atoms with Crippen LogP contribution in [0.4, 0.5) is 63.2 Å². The molecule has 19 heteroatoms. The molecule has 3 heterocycles. The average Bonchev–Trinajstić information content (AvgIpc) is 3.47. The molecular weight excluding hydrogens is 572 g/mol. The molecule has 2 bridgehead atoms. The number of benzene rings is 1. The van der Waals surface area contributed by atoms with E-state index < -0.39 is 95.9 Å². The van der Waals surface area contributed by atoms with Gasteiger partial charge in [0, 0.05) is 6.54 Å². The number of amides is 4. The van der Waals surface area contributed by atoms with Crippen molar-refractivity contribution in [3.63, 3.8) is 0 Å². The summed E-state index contributed by atoms with van der Waals surface area (Å²) in [6, 6.07) is -3.64. The van der Waals surface area contributed by atoms with Crippen LogP contribution in [0.1, 0.15) is 17.5 Å². The molecule has 4 rings (SSSR count). The largest absolute Gasteiger partial charge is 0.460 e. The molecule has 7 nitrogen and oxygen atoms in total. The average molecular weight is 582 g/mol. The molecule has 1 aromatic rings. The number of urea groups is 1. The van der Waals surface area contributed by atoms with Gasteiger partial charge < -0.3 is 9.80 Å². The zero-order valence-electron chi connectivity index (χ0n) is 18.4. The lowest BCUT2D eigenvalue weighted by Gasteiger charge is -2.39. The third-order valence-electron chi connectivity index (χ3n) is 6.63. The van der Waals surface area contributed by atoms with Crippen LogP contribution in [0.5, 0.6) is 0 Å². The maximum absolute atomic E-state index is 14.3. The highest BCUT2D eigenvalue weighted by atomic mass is 19.4. The van der Waals surface area contributed by atoms with Gasteiger partial charge in [0.15, 0.2) is 0 Å². The maximum Gasteiger partial charge on any atom is 0.460 e. The molecule has 0 aromatic heterocycles. The Morgan fingerprint density at radius 3 is 2.03 bits per heavy atom. The van der Waals surface area contributed by atoms with E-state index in [-0.39, 0.29) is 15.9 Å². The number of fused-ring (bicyclic) bond motifs is 5. The molecule has 0 N–H and O–H groups in total. The number of hydrogen-bond donors (Lipinski definition) is 0. The summed E-state index contributed by atoms with van der Waals surface area (Å²) in [7, 11) is 0. The van der Waals surface area contributed by atoms with Crippen molar-refractivity contribution in [2.24, 2.45) is 0 Å². The fraction of sp³-hybridized carbons (Fsp3) is 0.500. The number of piperazine rings is 1. The van der Waals surface area contributed by atoms with Crippen LogP contribution in [0.25, 0.3) is 0 Å². The number of nitrogens with zero attached hydrogens (tertiary/aromatic N) is 4. The summed E-state index contributed by atoms with van der Waals surface area (Å²) in [5, 5.41) is 8.88. The van der Waals surface area contributed by atoms with E-state index in [4.69, 9.17) is 5.26 Å². The monoisotopic (exact) mass is 582 g/mol. The molecule has 0 saturated carbocycles. The van der Waals surface area contributed by atoms with E-state index in [1.54, 1.807) is 0 Å². The Labute approximate surface area is 208 Å². The van der Waals surface area contributed by atoms with Gasteiger partial charge in [-0.3, -0.25) is 9.59 Å². The van der Waals surface area contributed by atoms with Gasteiger partial charge in [-0.15, -0.1) is 0 Å². The summed E-state index contributed by atoms with van der Waals surface area (Å²) in [5.41, 5.74) is -3.17. The minimum Gasteiger partial charge on any atom is -0.330 e. The highest BCUT2D eigenvalue weighted by Gasteiger charge is 2.84. The number of carbonyl (C=O) groups excluding carboxylic acids is 3. The first-order valence-electron chi connectivity index (χ1n) is 10.4. The first-order chi connectivity index (χ1) is 17.6. The van der Waals surface area contributed by atoms with Crippen molar-refractivity contribution in [3.8, 4) is 6.07 Å². The Morgan fingerprint density at radius 1 is 0.923 bits per heavy atom. The molecule has 0 spiro atoms. The van der Waals surface area contributed by atoms with Crippen molar-refractivity contribution in [3.05, 3.63) is 29.3 Å². The Balaban J connectivity index is 1.66. The molecule has 3 atom stereocenters. The summed E-state index contributed by atoms with van der Waals surface area (Å²) in [6.07, 6.45) is -12.8. The van der Waals surface area contributed by atoms with Gasteiger partial charge in [0.1, 0.15) is 6.04 Å². The van der Waals surface area contributed by atoms with E-state index >= 15 is 0 Å². The molecule has 3 aliphatic rings. The number of carbonyl (C=O) groups is 3. The number of rotatable bonds is 4. The first kappa shape index (κ1) is 28.3. The van der Waals surface area contributed by atoms with Crippen LogP contribution in [-0.2, 0) is 15.8 Å². The fourth-order valence-corrected chi connectivity index (χ4v) is 4.82. The van der Waals surface area contributed by atoms with Crippen molar-refractivity contribution < 1.29 is 67.1 Å². The molecule has 1 aromatic carbocycles. The van der Waals surface area contributed by atoms with E-state index in [0.29, 0.717) is 11.0 Å². The van der Waals surface area contributed by atoms with Crippen molar-refractivity contribution >= 4 is 23.5 Å². The Kier molecular flexibility index (Phi) is 5.91. The van der Waals surface area contributed by atoms with Gasteiger partial charge in [-0.2, -0.15) is 57.9 Å². The van der Waals surface area contributed by atoms with Crippen molar-refractivity contribution in [1.82, 2.24) is 9.80 Å². The first-order valence-corrected chi connectivity index (χ1v) is 10.4. The van der Waals surface area contributed by atoms with Crippen molar-refractivity contribution in [2.75, 3.05) is 11.4 Å². The SMILES string of the molecule is N#Cc1ccc(N2C(=O)[C@H]3C4CC(CN4C(=O)C(F)(F)C(F)(F)C(F)(F)C(F)(F)F)N3C2=O)cc1C(F)(F)F. The van der Waals surface area contributed by atoms with E-state index in [9.17, 15) is 67.1 Å². The summed E-state index contributed by atoms with van der Waals surface area (Å²) in [4.78, 5) is 38.7. The third-order valence-corrected chi connectivity index (χ3v) is 6.63. The predicted molar refractivity (Wildman–Crippen MR) is 99.5 cm³/mol. The van der Waals surface area contributed by atoms with Crippen LogP contribution in [0, 0.1) is 11.3 Å². The van der Waals surface area contributed by atoms with Crippen LogP contribution in [0.15, 0.2) is 18.2 Å². The van der Waals surface area contributed by atoms with Gasteiger partial charge in [-0.05, 0) is 24.6 Å². The third kappa shape index (κ3) is 3.70. The lowest BCUT2D eigenvalue weighted by molar-refractivity contribution is -0.389. The summed E-state index contributed by atoms with van der Waals surface area (Å²) in [6.45, 7) is -1.07. The summed E-state index contributed by atoms with van der Waals surface area (Å²) >= 11 is 0. The van der Waals surface area contributed by atoms with Crippen LogP contribution >= 0.6 is 0 Å². The molecule has 212 valence electrons. The Hall–Kier alpha value is -3.72. The number of hydrogen-bond acceptors (Lipinski definition) is 4. The Morgan fingerprint density at radius 2 is 1.51 bits per heavy atom. The lowest BCUT2D eigenvalue weighted by Crippen LogP contribution is -2.67. The van der Waals surface area contributed by atoms with Gasteiger partial charge >= 0.3 is 36.2 Å². The molecule has 39 heavy (non-hydrogen) atoms. The smallest absolute Gasteiger partial charge is 0.330 e. The van der Waals surface area contributed by atoms with Gasteiger partial charge in [0.25, 0.3) is 11.8 Å². The second-order valence-electron chi connectivity index (χ2n) is 8.78. The molecule has 3 aliphatic heterocycles. The highest BCUT2D eigenvalue weighted by Crippen LogP contribution is 2.54. The van der Waals surface area contributed by atoms with E-state index in [2.05, 4.69) is 0 Å².